The third-order valence-electron chi connectivity index (χ3n) is 3.11. The molecule has 0 radical (unpaired) electrons. The Morgan fingerprint density at radius 3 is 2.43 bits per heavy atom. The topological polar surface area (TPSA) is 51.8 Å². The van der Waals surface area contributed by atoms with Gasteiger partial charge in [0.05, 0.1) is 16.8 Å². The molecule has 0 amide bonds. The highest BCUT2D eigenvalue weighted by atomic mass is 19.4. The lowest BCUT2D eigenvalue weighted by molar-refractivity contribution is -0.137. The fourth-order valence-corrected chi connectivity index (χ4v) is 2.09. The average molecular weight is 289 g/mol. The Balaban J connectivity index is 2.14. The third kappa shape index (κ3) is 2.52. The Hall–Kier alpha value is -2.63. The van der Waals surface area contributed by atoms with Gasteiger partial charge >= 0.3 is 6.18 Å². The van der Waals surface area contributed by atoms with Crippen molar-refractivity contribution in [1.29, 1.82) is 0 Å². The van der Waals surface area contributed by atoms with Crippen molar-refractivity contribution in [2.75, 3.05) is 5.73 Å². The van der Waals surface area contributed by atoms with Gasteiger partial charge in [0.1, 0.15) is 5.82 Å². The Bertz CT molecular complexity index is 795. The maximum atomic E-state index is 12.6. The Morgan fingerprint density at radius 2 is 1.76 bits per heavy atom. The molecule has 2 heterocycles. The summed E-state index contributed by atoms with van der Waals surface area (Å²) < 4.78 is 37.7. The number of halogens is 3. The minimum absolute atomic E-state index is 0.349. The van der Waals surface area contributed by atoms with Crippen molar-refractivity contribution in [3.8, 4) is 11.3 Å². The second-order valence-electron chi connectivity index (χ2n) is 4.54. The largest absolute Gasteiger partial charge is 0.417 e. The molecule has 0 spiro atoms. The number of para-hydroxylation sites is 1. The van der Waals surface area contributed by atoms with Crippen LogP contribution in [0.15, 0.2) is 48.7 Å². The third-order valence-corrected chi connectivity index (χ3v) is 3.11. The highest BCUT2D eigenvalue weighted by Gasteiger charge is 2.30. The predicted octanol–water partition coefficient (Wildman–Crippen LogP) is 3.90. The summed E-state index contributed by atoms with van der Waals surface area (Å²) >= 11 is 0. The van der Waals surface area contributed by atoms with Gasteiger partial charge in [-0.05, 0) is 24.3 Å². The molecular weight excluding hydrogens is 279 g/mol. The van der Waals surface area contributed by atoms with E-state index in [0.29, 0.717) is 22.6 Å². The molecule has 21 heavy (non-hydrogen) atoms. The van der Waals surface area contributed by atoms with Gasteiger partial charge in [-0.1, -0.05) is 18.2 Å². The molecule has 0 saturated heterocycles. The fourth-order valence-electron chi connectivity index (χ4n) is 2.09. The van der Waals surface area contributed by atoms with Crippen LogP contribution in [0.3, 0.4) is 0 Å². The van der Waals surface area contributed by atoms with Crippen molar-refractivity contribution < 1.29 is 13.2 Å². The van der Waals surface area contributed by atoms with Crippen LogP contribution in [0.4, 0.5) is 19.0 Å². The molecule has 106 valence electrons. The van der Waals surface area contributed by atoms with E-state index in [4.69, 9.17) is 5.73 Å². The van der Waals surface area contributed by atoms with E-state index in [1.54, 1.807) is 18.2 Å². The summed E-state index contributed by atoms with van der Waals surface area (Å²) in [6.07, 6.45) is -3.58. The predicted molar refractivity (Wildman–Crippen MR) is 74.4 cm³/mol. The van der Waals surface area contributed by atoms with E-state index in [9.17, 15) is 13.2 Å². The fraction of sp³-hybridized carbons (Fsp3) is 0.0667. The van der Waals surface area contributed by atoms with Crippen LogP contribution in [0.25, 0.3) is 22.2 Å². The zero-order valence-corrected chi connectivity index (χ0v) is 10.7. The van der Waals surface area contributed by atoms with Gasteiger partial charge in [-0.25, -0.2) is 4.98 Å². The minimum Gasteiger partial charge on any atom is -0.384 e. The lowest BCUT2D eigenvalue weighted by Crippen LogP contribution is -2.05. The standard InChI is InChI=1S/C15H10F3N3/c16-15(17,18)10-5-6-12(20-8-10)11-3-1-2-9-4-7-13(19)21-14(9)11/h1-8H,(H2,19,21). The van der Waals surface area contributed by atoms with Crippen molar-refractivity contribution in [3.63, 3.8) is 0 Å². The van der Waals surface area contributed by atoms with Gasteiger partial charge in [-0.2, -0.15) is 13.2 Å². The summed E-state index contributed by atoms with van der Waals surface area (Å²) in [5, 5.41) is 0.850. The van der Waals surface area contributed by atoms with E-state index in [-0.39, 0.29) is 0 Å². The number of fused-ring (bicyclic) bond motifs is 1. The van der Waals surface area contributed by atoms with Crippen LogP contribution in [-0.2, 0) is 6.18 Å². The number of pyridine rings is 2. The van der Waals surface area contributed by atoms with Crippen LogP contribution in [0.5, 0.6) is 0 Å². The van der Waals surface area contributed by atoms with E-state index in [2.05, 4.69) is 9.97 Å². The second kappa shape index (κ2) is 4.73. The van der Waals surface area contributed by atoms with Crippen molar-refractivity contribution >= 4 is 16.7 Å². The van der Waals surface area contributed by atoms with Gasteiger partial charge in [0, 0.05) is 17.1 Å². The molecule has 3 aromatic rings. The molecule has 0 aliphatic rings. The second-order valence-corrected chi connectivity index (χ2v) is 4.54. The number of nitrogens with two attached hydrogens (primary N) is 1. The monoisotopic (exact) mass is 289 g/mol. The van der Waals surface area contributed by atoms with Crippen molar-refractivity contribution in [2.24, 2.45) is 0 Å². The number of benzene rings is 1. The van der Waals surface area contributed by atoms with Crippen LogP contribution in [0, 0.1) is 0 Å². The lowest BCUT2D eigenvalue weighted by atomic mass is 10.1. The molecule has 0 fully saturated rings. The number of nitrogens with zero attached hydrogens (tertiary/aromatic N) is 2. The van der Waals surface area contributed by atoms with Gasteiger partial charge in [-0.15, -0.1) is 0 Å². The first-order valence-corrected chi connectivity index (χ1v) is 6.14. The van der Waals surface area contributed by atoms with Crippen LogP contribution < -0.4 is 5.73 Å². The Labute approximate surface area is 118 Å². The van der Waals surface area contributed by atoms with Gasteiger partial charge in [0.15, 0.2) is 0 Å². The molecule has 0 aliphatic heterocycles. The van der Waals surface area contributed by atoms with E-state index in [1.165, 1.54) is 6.07 Å². The normalized spacial score (nSPS) is 11.8. The molecule has 0 aliphatic carbocycles. The van der Waals surface area contributed by atoms with Crippen LogP contribution in [0.1, 0.15) is 5.56 Å². The lowest BCUT2D eigenvalue weighted by Gasteiger charge is -2.09. The highest BCUT2D eigenvalue weighted by molar-refractivity contribution is 5.93. The van der Waals surface area contributed by atoms with Crippen molar-refractivity contribution in [1.82, 2.24) is 9.97 Å². The SMILES string of the molecule is Nc1ccc2cccc(-c3ccc(C(F)(F)F)cn3)c2n1. The quantitative estimate of drug-likeness (QED) is 0.739. The summed E-state index contributed by atoms with van der Waals surface area (Å²) in [4.78, 5) is 8.13. The van der Waals surface area contributed by atoms with E-state index in [0.717, 1.165) is 17.6 Å². The van der Waals surface area contributed by atoms with Gasteiger partial charge in [0.25, 0.3) is 0 Å². The van der Waals surface area contributed by atoms with E-state index in [1.807, 2.05) is 12.1 Å². The Morgan fingerprint density at radius 1 is 0.952 bits per heavy atom. The average Bonchev–Trinajstić information content (AvgIpc) is 2.46. The van der Waals surface area contributed by atoms with Gasteiger partial charge < -0.3 is 5.73 Å². The summed E-state index contributed by atoms with van der Waals surface area (Å²) in [7, 11) is 0. The van der Waals surface area contributed by atoms with Gasteiger partial charge in [0.2, 0.25) is 0 Å². The summed E-state index contributed by atoms with van der Waals surface area (Å²) in [6.45, 7) is 0. The zero-order valence-electron chi connectivity index (χ0n) is 10.7. The number of anilines is 1. The van der Waals surface area contributed by atoms with Crippen molar-refractivity contribution in [2.45, 2.75) is 6.18 Å². The van der Waals surface area contributed by atoms with Crippen LogP contribution >= 0.6 is 0 Å². The first kappa shape index (κ1) is 13.4. The van der Waals surface area contributed by atoms with E-state index < -0.39 is 11.7 Å². The smallest absolute Gasteiger partial charge is 0.384 e. The molecule has 2 N–H and O–H groups in total. The molecule has 2 aromatic heterocycles. The molecule has 0 bridgehead atoms. The maximum absolute atomic E-state index is 12.6. The summed E-state index contributed by atoms with van der Waals surface area (Å²) in [5.41, 5.74) is 6.58. The molecule has 0 unspecified atom stereocenters. The number of hydrogen-bond donors (Lipinski definition) is 1. The maximum Gasteiger partial charge on any atom is 0.417 e. The number of alkyl halides is 3. The van der Waals surface area contributed by atoms with E-state index >= 15 is 0 Å². The minimum atomic E-state index is -4.40. The number of hydrogen-bond acceptors (Lipinski definition) is 3. The summed E-state index contributed by atoms with van der Waals surface area (Å²) in [5.74, 6) is 0.349. The zero-order chi connectivity index (χ0) is 15.0. The molecular formula is C15H10F3N3. The Kier molecular flexibility index (Phi) is 3.01. The molecule has 3 rings (SSSR count). The summed E-state index contributed by atoms with van der Waals surface area (Å²) in [6, 6.07) is 11.2. The highest BCUT2D eigenvalue weighted by Crippen LogP contribution is 2.31. The first-order chi connectivity index (χ1) is 9.95. The number of aromatic nitrogens is 2. The van der Waals surface area contributed by atoms with Crippen molar-refractivity contribution in [3.05, 3.63) is 54.2 Å². The molecule has 0 saturated carbocycles. The molecule has 0 atom stereocenters. The molecule has 3 nitrogen and oxygen atoms in total. The molecule has 6 heteroatoms. The number of nitrogen functional groups attached to an aromatic ring is 1. The molecule has 1 aromatic carbocycles. The number of rotatable bonds is 1. The van der Waals surface area contributed by atoms with Crippen LogP contribution in [0.2, 0.25) is 0 Å². The van der Waals surface area contributed by atoms with Crippen LogP contribution in [-0.4, -0.2) is 9.97 Å². The first-order valence-electron chi connectivity index (χ1n) is 6.14. The van der Waals surface area contributed by atoms with Gasteiger partial charge in [-0.3, -0.25) is 4.98 Å².